The second-order valence-corrected chi connectivity index (χ2v) is 8.26. The smallest absolute Gasteiger partial charge is 0.0761 e. The lowest BCUT2D eigenvalue weighted by molar-refractivity contribution is 0.692. The van der Waals surface area contributed by atoms with E-state index in [-0.39, 0.29) is 6.04 Å². The summed E-state index contributed by atoms with van der Waals surface area (Å²) in [7, 11) is 1.90. The lowest BCUT2D eigenvalue weighted by atomic mass is 10.0. The average Bonchev–Trinajstić information content (AvgIpc) is 2.64. The fourth-order valence-electron chi connectivity index (χ4n) is 1.76. The molecule has 1 aromatic carbocycles. The van der Waals surface area contributed by atoms with Crippen molar-refractivity contribution in [3.8, 4) is 0 Å². The molecular formula is C12H9Br2Cl2NS. The van der Waals surface area contributed by atoms with Gasteiger partial charge in [-0.1, -0.05) is 23.2 Å². The Bertz CT molecular complexity index is 571. The van der Waals surface area contributed by atoms with Gasteiger partial charge in [0.15, 0.2) is 0 Å². The van der Waals surface area contributed by atoms with Gasteiger partial charge in [0.1, 0.15) is 0 Å². The molecule has 0 aliphatic rings. The highest BCUT2D eigenvalue weighted by Crippen LogP contribution is 2.39. The minimum absolute atomic E-state index is 0.00752. The van der Waals surface area contributed by atoms with Crippen molar-refractivity contribution in [2.75, 3.05) is 7.05 Å². The number of hydrogen-bond donors (Lipinski definition) is 1. The van der Waals surface area contributed by atoms with Gasteiger partial charge in [-0.25, -0.2) is 0 Å². The molecule has 0 saturated heterocycles. The van der Waals surface area contributed by atoms with E-state index in [1.165, 1.54) is 0 Å². The Labute approximate surface area is 137 Å². The topological polar surface area (TPSA) is 12.0 Å². The zero-order chi connectivity index (χ0) is 13.3. The molecule has 0 bridgehead atoms. The van der Waals surface area contributed by atoms with Gasteiger partial charge >= 0.3 is 0 Å². The lowest BCUT2D eigenvalue weighted by Gasteiger charge is -2.18. The molecule has 1 aromatic heterocycles. The second-order valence-electron chi connectivity index (χ2n) is 3.67. The highest BCUT2D eigenvalue weighted by atomic mass is 79.9. The summed E-state index contributed by atoms with van der Waals surface area (Å²) in [5.41, 5.74) is 2.11. The summed E-state index contributed by atoms with van der Waals surface area (Å²) in [4.78, 5) is 0. The van der Waals surface area contributed by atoms with Gasteiger partial charge in [0.25, 0.3) is 0 Å². The second kappa shape index (κ2) is 6.25. The molecule has 1 N–H and O–H groups in total. The highest BCUT2D eigenvalue weighted by molar-refractivity contribution is 9.12. The quantitative estimate of drug-likeness (QED) is 0.641. The molecule has 1 atom stereocenters. The van der Waals surface area contributed by atoms with Gasteiger partial charge in [-0.15, -0.1) is 11.3 Å². The van der Waals surface area contributed by atoms with E-state index in [1.54, 1.807) is 17.4 Å². The van der Waals surface area contributed by atoms with Crippen LogP contribution < -0.4 is 5.32 Å². The summed E-state index contributed by atoms with van der Waals surface area (Å²) in [6.07, 6.45) is 0. The van der Waals surface area contributed by atoms with Crippen LogP contribution >= 0.6 is 66.4 Å². The van der Waals surface area contributed by atoms with Crippen LogP contribution in [0.4, 0.5) is 0 Å². The summed E-state index contributed by atoms with van der Waals surface area (Å²) >= 11 is 21.0. The minimum atomic E-state index is 0.00752. The Hall–Kier alpha value is 0.420. The van der Waals surface area contributed by atoms with Crippen molar-refractivity contribution in [3.63, 3.8) is 0 Å². The fraction of sp³-hybridized carbons (Fsp3) is 0.167. The molecule has 0 aliphatic heterocycles. The van der Waals surface area contributed by atoms with Gasteiger partial charge in [-0.05, 0) is 74.3 Å². The summed E-state index contributed by atoms with van der Waals surface area (Å²) < 4.78 is 2.15. The summed E-state index contributed by atoms with van der Waals surface area (Å²) in [5.74, 6) is 0. The SMILES string of the molecule is CNC(c1cc(Cl)ccc1Cl)c1cc(Br)sc1Br. The predicted molar refractivity (Wildman–Crippen MR) is 87.1 cm³/mol. The van der Waals surface area contributed by atoms with Crippen LogP contribution in [0.5, 0.6) is 0 Å². The molecule has 0 aliphatic carbocycles. The fourth-order valence-corrected chi connectivity index (χ4v) is 5.07. The van der Waals surface area contributed by atoms with Gasteiger partial charge in [0.2, 0.25) is 0 Å². The maximum absolute atomic E-state index is 6.26. The Balaban J connectivity index is 2.51. The monoisotopic (exact) mass is 427 g/mol. The molecule has 96 valence electrons. The van der Waals surface area contributed by atoms with Crippen LogP contribution in [-0.4, -0.2) is 7.05 Å². The van der Waals surface area contributed by atoms with Crippen LogP contribution in [0.2, 0.25) is 10.0 Å². The van der Waals surface area contributed by atoms with Crippen molar-refractivity contribution in [1.82, 2.24) is 5.32 Å². The highest BCUT2D eigenvalue weighted by Gasteiger charge is 2.20. The number of hydrogen-bond acceptors (Lipinski definition) is 2. The van der Waals surface area contributed by atoms with Crippen LogP contribution in [0, 0.1) is 0 Å². The van der Waals surface area contributed by atoms with Crippen molar-refractivity contribution in [2.24, 2.45) is 0 Å². The lowest BCUT2D eigenvalue weighted by Crippen LogP contribution is -2.17. The van der Waals surface area contributed by atoms with Gasteiger partial charge < -0.3 is 5.32 Å². The van der Waals surface area contributed by atoms with Gasteiger partial charge in [0, 0.05) is 10.0 Å². The van der Waals surface area contributed by atoms with E-state index < -0.39 is 0 Å². The van der Waals surface area contributed by atoms with Crippen molar-refractivity contribution in [3.05, 3.63) is 53.0 Å². The Morgan fingerprint density at radius 2 is 1.89 bits per heavy atom. The number of rotatable bonds is 3. The van der Waals surface area contributed by atoms with Gasteiger partial charge in [-0.3, -0.25) is 0 Å². The maximum atomic E-state index is 6.26. The molecule has 1 nitrogen and oxygen atoms in total. The van der Waals surface area contributed by atoms with Crippen LogP contribution in [0.25, 0.3) is 0 Å². The third-order valence-electron chi connectivity index (χ3n) is 2.55. The summed E-state index contributed by atoms with van der Waals surface area (Å²) in [6.45, 7) is 0. The third kappa shape index (κ3) is 3.11. The number of nitrogens with one attached hydrogen (secondary N) is 1. The van der Waals surface area contributed by atoms with Crippen LogP contribution in [0.15, 0.2) is 31.8 Å². The Morgan fingerprint density at radius 1 is 1.17 bits per heavy atom. The zero-order valence-corrected chi connectivity index (χ0v) is 14.8. The van der Waals surface area contributed by atoms with E-state index >= 15 is 0 Å². The average molecular weight is 430 g/mol. The molecule has 2 rings (SSSR count). The van der Waals surface area contributed by atoms with Crippen molar-refractivity contribution >= 4 is 66.4 Å². The van der Waals surface area contributed by atoms with Crippen molar-refractivity contribution in [1.29, 1.82) is 0 Å². The zero-order valence-electron chi connectivity index (χ0n) is 9.31. The van der Waals surface area contributed by atoms with E-state index in [2.05, 4.69) is 43.2 Å². The van der Waals surface area contributed by atoms with E-state index in [0.717, 1.165) is 18.7 Å². The van der Waals surface area contributed by atoms with Crippen molar-refractivity contribution in [2.45, 2.75) is 6.04 Å². The van der Waals surface area contributed by atoms with E-state index in [1.807, 2.05) is 19.2 Å². The first-order valence-corrected chi connectivity index (χ1v) is 8.25. The minimum Gasteiger partial charge on any atom is -0.309 e. The number of thiophene rings is 1. The van der Waals surface area contributed by atoms with Crippen LogP contribution in [0.3, 0.4) is 0 Å². The molecule has 0 amide bonds. The molecule has 1 heterocycles. The van der Waals surface area contributed by atoms with Crippen LogP contribution in [-0.2, 0) is 0 Å². The normalized spacial score (nSPS) is 12.7. The Morgan fingerprint density at radius 3 is 2.44 bits per heavy atom. The first-order chi connectivity index (χ1) is 8.52. The third-order valence-corrected chi connectivity index (χ3v) is 5.52. The molecule has 18 heavy (non-hydrogen) atoms. The van der Waals surface area contributed by atoms with Gasteiger partial charge in [-0.2, -0.15) is 0 Å². The summed E-state index contributed by atoms with van der Waals surface area (Å²) in [5, 5.41) is 4.65. The van der Waals surface area contributed by atoms with E-state index in [9.17, 15) is 0 Å². The van der Waals surface area contributed by atoms with Gasteiger partial charge in [0.05, 0.1) is 13.6 Å². The molecule has 0 saturated carbocycles. The number of halogens is 4. The molecule has 1 unspecified atom stereocenters. The molecular weight excluding hydrogens is 421 g/mol. The molecule has 0 fully saturated rings. The van der Waals surface area contributed by atoms with Crippen molar-refractivity contribution < 1.29 is 0 Å². The molecule has 2 aromatic rings. The molecule has 0 radical (unpaired) electrons. The summed E-state index contributed by atoms with van der Waals surface area (Å²) in [6, 6.07) is 7.58. The first kappa shape index (κ1) is 14.8. The first-order valence-electron chi connectivity index (χ1n) is 5.10. The Kier molecular flexibility index (Phi) is 5.14. The van der Waals surface area contributed by atoms with E-state index in [0.29, 0.717) is 10.0 Å². The molecule has 0 spiro atoms. The maximum Gasteiger partial charge on any atom is 0.0761 e. The van der Waals surface area contributed by atoms with E-state index in [4.69, 9.17) is 23.2 Å². The largest absolute Gasteiger partial charge is 0.309 e. The predicted octanol–water partition coefficient (Wildman–Crippen LogP) is 5.89. The molecule has 6 heteroatoms. The number of benzene rings is 1. The standard InChI is InChI=1S/C12H9Br2Cl2NS/c1-17-11(8-5-10(13)18-12(8)14)7-4-6(15)2-3-9(7)16/h2-5,11,17H,1H3. The van der Waals surface area contributed by atoms with Crippen LogP contribution in [0.1, 0.15) is 17.2 Å².